The molecular formula is C28H32N2O5. The first kappa shape index (κ1) is 25.8. The minimum Gasteiger partial charge on any atom is -0.480 e. The van der Waals surface area contributed by atoms with Gasteiger partial charge >= 0.3 is 12.1 Å². The number of carboxylic acids is 1. The Hall–Kier alpha value is -3.79. The standard InChI is InChI=1S/C28H32N2O5/c1-5-6-15-23(26(32)33)29-25(31)24(16-28(2,3)4)30-27(34)35-17-22-20-13-9-7-11-18(20)19-12-8-10-14-21(19)22/h7-14,22-24H,15-17H2,1-4H3,(H,29,31)(H,30,34)(H,32,33). The number of aliphatic carboxylic acids is 1. The van der Waals surface area contributed by atoms with E-state index in [4.69, 9.17) is 4.74 Å². The van der Waals surface area contributed by atoms with Crippen molar-refractivity contribution in [2.45, 2.75) is 58.5 Å². The van der Waals surface area contributed by atoms with E-state index >= 15 is 0 Å². The molecule has 0 aromatic heterocycles. The molecule has 7 heteroatoms. The van der Waals surface area contributed by atoms with Gasteiger partial charge in [0.1, 0.15) is 18.7 Å². The summed E-state index contributed by atoms with van der Waals surface area (Å²) in [7, 11) is 0. The van der Waals surface area contributed by atoms with Gasteiger partial charge in [-0.3, -0.25) is 4.79 Å². The largest absolute Gasteiger partial charge is 0.480 e. The summed E-state index contributed by atoms with van der Waals surface area (Å²) in [6.07, 6.45) is -0.448. The Morgan fingerprint density at radius 1 is 0.971 bits per heavy atom. The number of ether oxygens (including phenoxy) is 1. The molecule has 0 fully saturated rings. The van der Waals surface area contributed by atoms with E-state index in [1.165, 1.54) is 0 Å². The van der Waals surface area contributed by atoms with Gasteiger partial charge in [-0.25, -0.2) is 9.59 Å². The molecule has 35 heavy (non-hydrogen) atoms. The van der Waals surface area contributed by atoms with Crippen molar-refractivity contribution in [1.29, 1.82) is 0 Å². The molecule has 1 aliphatic carbocycles. The number of fused-ring (bicyclic) bond motifs is 3. The van der Waals surface area contributed by atoms with E-state index in [1.807, 2.05) is 57.2 Å². The van der Waals surface area contributed by atoms with Gasteiger partial charge in [0, 0.05) is 12.3 Å². The third-order valence-corrected chi connectivity index (χ3v) is 5.87. The molecule has 0 saturated carbocycles. The van der Waals surface area contributed by atoms with Crippen LogP contribution in [0, 0.1) is 17.3 Å². The number of rotatable bonds is 8. The maximum absolute atomic E-state index is 12.9. The Morgan fingerprint density at radius 3 is 2.06 bits per heavy atom. The molecule has 7 nitrogen and oxygen atoms in total. The monoisotopic (exact) mass is 476 g/mol. The van der Waals surface area contributed by atoms with Gasteiger partial charge in [0.05, 0.1) is 0 Å². The molecule has 1 aliphatic rings. The Labute approximate surface area is 206 Å². The zero-order valence-corrected chi connectivity index (χ0v) is 20.6. The molecule has 0 radical (unpaired) electrons. The number of hydrogen-bond donors (Lipinski definition) is 3. The minimum atomic E-state index is -1.18. The second-order valence-corrected chi connectivity index (χ2v) is 9.82. The highest BCUT2D eigenvalue weighted by molar-refractivity contribution is 5.89. The van der Waals surface area contributed by atoms with E-state index in [1.54, 1.807) is 6.92 Å². The van der Waals surface area contributed by atoms with Crippen LogP contribution in [-0.2, 0) is 14.3 Å². The molecule has 0 bridgehead atoms. The second-order valence-electron chi connectivity index (χ2n) is 9.82. The van der Waals surface area contributed by atoms with E-state index in [2.05, 4.69) is 34.6 Å². The molecule has 0 saturated heterocycles. The van der Waals surface area contributed by atoms with E-state index in [-0.39, 0.29) is 24.4 Å². The fraction of sp³-hybridized carbons (Fsp3) is 0.393. The lowest BCUT2D eigenvalue weighted by Gasteiger charge is -2.27. The predicted molar refractivity (Wildman–Crippen MR) is 134 cm³/mol. The summed E-state index contributed by atoms with van der Waals surface area (Å²) in [5, 5.41) is 14.6. The number of benzene rings is 2. The summed E-state index contributed by atoms with van der Waals surface area (Å²) in [6.45, 7) is 7.52. The van der Waals surface area contributed by atoms with Crippen LogP contribution in [0.5, 0.6) is 0 Å². The van der Waals surface area contributed by atoms with Gasteiger partial charge < -0.3 is 20.5 Å². The molecule has 2 amide bonds. The Kier molecular flexibility index (Phi) is 8.18. The van der Waals surface area contributed by atoms with E-state index in [9.17, 15) is 19.5 Å². The van der Waals surface area contributed by atoms with Gasteiger partial charge in [-0.2, -0.15) is 0 Å². The van der Waals surface area contributed by atoms with Crippen molar-refractivity contribution in [2.24, 2.45) is 5.41 Å². The molecule has 2 atom stereocenters. The van der Waals surface area contributed by atoms with Gasteiger partial charge in [-0.1, -0.05) is 69.3 Å². The SMILES string of the molecule is CC#CCC(NC(=O)C(CC(C)(C)C)NC(=O)OCC1c2ccccc2-c2ccccc21)C(=O)O. The lowest BCUT2D eigenvalue weighted by Crippen LogP contribution is -2.52. The highest BCUT2D eigenvalue weighted by Crippen LogP contribution is 2.44. The maximum atomic E-state index is 12.9. The second kappa shape index (κ2) is 11.1. The molecular weight excluding hydrogens is 444 g/mol. The highest BCUT2D eigenvalue weighted by Gasteiger charge is 2.32. The summed E-state index contributed by atoms with van der Waals surface area (Å²) >= 11 is 0. The van der Waals surface area contributed by atoms with Crippen LogP contribution in [0.2, 0.25) is 0 Å². The van der Waals surface area contributed by atoms with Crippen LogP contribution in [-0.4, -0.2) is 41.8 Å². The van der Waals surface area contributed by atoms with Gasteiger partial charge in [0.15, 0.2) is 0 Å². The normalized spacial score (nSPS) is 13.9. The Balaban J connectivity index is 1.70. The molecule has 184 valence electrons. The molecule has 0 spiro atoms. The average Bonchev–Trinajstić information content (AvgIpc) is 3.12. The molecule has 0 heterocycles. The van der Waals surface area contributed by atoms with Crippen LogP contribution >= 0.6 is 0 Å². The fourth-order valence-electron chi connectivity index (χ4n) is 4.28. The number of carbonyl (C=O) groups excluding carboxylic acids is 2. The van der Waals surface area contributed by atoms with E-state index < -0.39 is 30.1 Å². The average molecular weight is 477 g/mol. The summed E-state index contributed by atoms with van der Waals surface area (Å²) in [6, 6.07) is 13.9. The number of amides is 2. The first-order valence-electron chi connectivity index (χ1n) is 11.6. The smallest absolute Gasteiger partial charge is 0.407 e. The first-order chi connectivity index (χ1) is 16.6. The number of hydrogen-bond acceptors (Lipinski definition) is 4. The predicted octanol–water partition coefficient (Wildman–Crippen LogP) is 4.31. The summed E-state index contributed by atoms with van der Waals surface area (Å²) in [4.78, 5) is 37.2. The molecule has 2 unspecified atom stereocenters. The van der Waals surface area contributed by atoms with Crippen LogP contribution in [0.3, 0.4) is 0 Å². The quantitative estimate of drug-likeness (QED) is 0.493. The zero-order valence-electron chi connectivity index (χ0n) is 20.6. The summed E-state index contributed by atoms with van der Waals surface area (Å²) < 4.78 is 5.58. The van der Waals surface area contributed by atoms with Crippen molar-refractivity contribution in [3.8, 4) is 23.0 Å². The Morgan fingerprint density at radius 2 is 1.54 bits per heavy atom. The van der Waals surface area contributed by atoms with Crippen LogP contribution in [0.15, 0.2) is 48.5 Å². The third kappa shape index (κ3) is 6.63. The van der Waals surface area contributed by atoms with Crippen molar-refractivity contribution in [3.63, 3.8) is 0 Å². The summed E-state index contributed by atoms with van der Waals surface area (Å²) in [5.74, 6) is 3.43. The van der Waals surface area contributed by atoms with Gasteiger partial charge in [-0.15, -0.1) is 11.8 Å². The minimum absolute atomic E-state index is 0.0231. The van der Waals surface area contributed by atoms with Gasteiger partial charge in [0.25, 0.3) is 0 Å². The number of alkyl carbamates (subject to hydrolysis) is 1. The van der Waals surface area contributed by atoms with E-state index in [0.29, 0.717) is 6.42 Å². The van der Waals surface area contributed by atoms with Crippen LogP contribution in [0.1, 0.15) is 57.6 Å². The molecule has 2 aromatic carbocycles. The van der Waals surface area contributed by atoms with Crippen LogP contribution < -0.4 is 10.6 Å². The molecule has 3 rings (SSSR count). The van der Waals surface area contributed by atoms with Crippen molar-refractivity contribution in [3.05, 3.63) is 59.7 Å². The highest BCUT2D eigenvalue weighted by atomic mass is 16.5. The Bertz CT molecular complexity index is 1110. The van der Waals surface area contributed by atoms with Crippen LogP contribution in [0.4, 0.5) is 4.79 Å². The topological polar surface area (TPSA) is 105 Å². The zero-order chi connectivity index (χ0) is 25.6. The third-order valence-electron chi connectivity index (χ3n) is 5.87. The molecule has 0 aliphatic heterocycles. The lowest BCUT2D eigenvalue weighted by atomic mass is 9.87. The maximum Gasteiger partial charge on any atom is 0.407 e. The van der Waals surface area contributed by atoms with Gasteiger partial charge in [0.2, 0.25) is 5.91 Å². The van der Waals surface area contributed by atoms with Crippen molar-refractivity contribution in [1.82, 2.24) is 10.6 Å². The van der Waals surface area contributed by atoms with E-state index in [0.717, 1.165) is 22.3 Å². The van der Waals surface area contributed by atoms with Crippen molar-refractivity contribution < 1.29 is 24.2 Å². The fourth-order valence-corrected chi connectivity index (χ4v) is 4.28. The van der Waals surface area contributed by atoms with Crippen molar-refractivity contribution >= 4 is 18.0 Å². The first-order valence-corrected chi connectivity index (χ1v) is 11.6. The summed E-state index contributed by atoms with van der Waals surface area (Å²) in [5.41, 5.74) is 4.12. The number of carbonyl (C=O) groups is 3. The van der Waals surface area contributed by atoms with Crippen molar-refractivity contribution in [2.75, 3.05) is 6.61 Å². The molecule has 2 aromatic rings. The lowest BCUT2D eigenvalue weighted by molar-refractivity contribution is -0.142. The van der Waals surface area contributed by atoms with Crippen LogP contribution in [0.25, 0.3) is 11.1 Å². The molecule has 3 N–H and O–H groups in total. The number of carboxylic acid groups (broad SMARTS) is 1. The number of nitrogens with one attached hydrogen (secondary N) is 2. The van der Waals surface area contributed by atoms with Gasteiger partial charge in [-0.05, 0) is 41.0 Å².